The van der Waals surface area contributed by atoms with Crippen molar-refractivity contribution in [2.24, 2.45) is 0 Å². The van der Waals surface area contributed by atoms with Gasteiger partial charge >= 0.3 is 6.18 Å². The number of aromatic nitrogens is 2. The number of para-hydroxylation sites is 2. The molecule has 282 valence electrons. The van der Waals surface area contributed by atoms with Gasteiger partial charge in [0.2, 0.25) is 11.7 Å². The average Bonchev–Trinajstić information content (AvgIpc) is 3.50. The molecule has 5 rings (SSSR count). The zero-order valence-electron chi connectivity index (χ0n) is 30.4. The predicted molar refractivity (Wildman–Crippen MR) is 193 cm³/mol. The number of halogens is 3. The number of fused-ring (bicyclic) bond motifs is 1. The molecule has 0 radical (unpaired) electrons. The zero-order chi connectivity index (χ0) is 37.3. The summed E-state index contributed by atoms with van der Waals surface area (Å²) in [6.45, 7) is 1.92. The molecule has 0 saturated carbocycles. The molecule has 0 spiro atoms. The smallest absolute Gasteiger partial charge is 0.411 e. The molecule has 4 aromatic rings. The average molecular weight is 728 g/mol. The van der Waals surface area contributed by atoms with Crippen molar-refractivity contribution in [1.29, 1.82) is 0 Å². The Morgan fingerprint density at radius 1 is 0.942 bits per heavy atom. The first-order valence-electron chi connectivity index (χ1n) is 17.3. The Morgan fingerprint density at radius 3 is 2.31 bits per heavy atom. The van der Waals surface area contributed by atoms with E-state index in [0.717, 1.165) is 61.2 Å². The van der Waals surface area contributed by atoms with Gasteiger partial charge in [-0.15, -0.1) is 0 Å². The lowest BCUT2D eigenvalue weighted by molar-refractivity contribution is -0.174. The maximum Gasteiger partial charge on any atom is 0.411 e. The lowest BCUT2D eigenvalue weighted by Gasteiger charge is -2.34. The van der Waals surface area contributed by atoms with Crippen molar-refractivity contribution in [1.82, 2.24) is 19.4 Å². The van der Waals surface area contributed by atoms with E-state index in [1.807, 2.05) is 47.0 Å². The van der Waals surface area contributed by atoms with Crippen LogP contribution in [0.3, 0.4) is 0 Å². The molecular formula is C38H48F3N5O6. The van der Waals surface area contributed by atoms with Crippen LogP contribution in [0.25, 0.3) is 11.0 Å². The van der Waals surface area contributed by atoms with Gasteiger partial charge in [-0.3, -0.25) is 4.79 Å². The van der Waals surface area contributed by atoms with E-state index >= 15 is 0 Å². The van der Waals surface area contributed by atoms with Gasteiger partial charge in [0.15, 0.2) is 11.5 Å². The van der Waals surface area contributed by atoms with Gasteiger partial charge in [-0.1, -0.05) is 24.3 Å². The van der Waals surface area contributed by atoms with Crippen molar-refractivity contribution in [2.45, 2.75) is 43.9 Å². The minimum atomic E-state index is -4.37. The Bertz CT molecular complexity index is 1750. The molecule has 1 fully saturated rings. The number of ether oxygens (including phenoxy) is 5. The molecule has 1 unspecified atom stereocenters. The minimum Gasteiger partial charge on any atom is -0.497 e. The number of hydrogen-bond acceptors (Lipinski definition) is 9. The van der Waals surface area contributed by atoms with Crippen LogP contribution in [0.4, 0.5) is 19.1 Å². The molecule has 1 amide bonds. The standard InChI is InChI=1S/C38H48F3N5O6/c1-44(36(47)28-22-33(49-3)35(51-5)34(23-28)50-4)24-27(26-9-8-10-30(21-26)48-2)13-16-45-17-14-29(15-18-45)42-37-43-31-11-6-7-12-32(31)46(37)19-20-52-25-38(39,40)41/h6-12,21-23,27,29H,13-20,24-25H2,1-5H3,(H,42,43). The van der Waals surface area contributed by atoms with Crippen LogP contribution in [0.2, 0.25) is 0 Å². The minimum absolute atomic E-state index is 0.0291. The molecule has 1 atom stereocenters. The number of nitrogens with zero attached hydrogens (tertiary/aromatic N) is 4. The van der Waals surface area contributed by atoms with Gasteiger partial charge in [0.25, 0.3) is 5.91 Å². The lowest BCUT2D eigenvalue weighted by Crippen LogP contribution is -2.40. The maximum atomic E-state index is 13.7. The van der Waals surface area contributed by atoms with Crippen LogP contribution < -0.4 is 24.3 Å². The highest BCUT2D eigenvalue weighted by Crippen LogP contribution is 2.38. The van der Waals surface area contributed by atoms with Crippen molar-refractivity contribution in [2.75, 3.05) is 80.2 Å². The van der Waals surface area contributed by atoms with Crippen molar-refractivity contribution >= 4 is 22.9 Å². The molecular weight excluding hydrogens is 679 g/mol. The first kappa shape index (κ1) is 38.5. The Kier molecular flexibility index (Phi) is 13.1. The van der Waals surface area contributed by atoms with Gasteiger partial charge in [-0.2, -0.15) is 13.2 Å². The van der Waals surface area contributed by atoms with Crippen LogP contribution in [-0.4, -0.2) is 112 Å². The molecule has 2 heterocycles. The number of methoxy groups -OCH3 is 4. The fraction of sp³-hybridized carbons (Fsp3) is 0.474. The Hall–Kier alpha value is -4.69. The van der Waals surface area contributed by atoms with E-state index in [-0.39, 0.29) is 31.0 Å². The number of rotatable bonds is 17. The van der Waals surface area contributed by atoms with Gasteiger partial charge in [-0.25, -0.2) is 4.98 Å². The zero-order valence-corrected chi connectivity index (χ0v) is 30.4. The van der Waals surface area contributed by atoms with Crippen molar-refractivity contribution in [3.05, 3.63) is 71.8 Å². The predicted octanol–water partition coefficient (Wildman–Crippen LogP) is 6.47. The Balaban J connectivity index is 1.22. The summed E-state index contributed by atoms with van der Waals surface area (Å²) >= 11 is 0. The van der Waals surface area contributed by atoms with Crippen LogP contribution >= 0.6 is 0 Å². The van der Waals surface area contributed by atoms with Crippen LogP contribution in [0.15, 0.2) is 60.7 Å². The highest BCUT2D eigenvalue weighted by Gasteiger charge is 2.28. The summed E-state index contributed by atoms with van der Waals surface area (Å²) in [5.41, 5.74) is 3.13. The van der Waals surface area contributed by atoms with Crippen LogP contribution in [0, 0.1) is 0 Å². The van der Waals surface area contributed by atoms with E-state index in [4.69, 9.17) is 28.7 Å². The van der Waals surface area contributed by atoms with E-state index < -0.39 is 12.8 Å². The molecule has 1 aliphatic rings. The molecule has 1 saturated heterocycles. The Labute approximate surface area is 302 Å². The lowest BCUT2D eigenvalue weighted by atomic mass is 9.93. The number of piperidine rings is 1. The van der Waals surface area contributed by atoms with E-state index in [9.17, 15) is 18.0 Å². The van der Waals surface area contributed by atoms with Crippen LogP contribution in [0.1, 0.15) is 41.1 Å². The summed E-state index contributed by atoms with van der Waals surface area (Å²) in [6, 6.07) is 19.0. The van der Waals surface area contributed by atoms with Crippen molar-refractivity contribution in [3.63, 3.8) is 0 Å². The second-order valence-electron chi connectivity index (χ2n) is 12.9. The largest absolute Gasteiger partial charge is 0.497 e. The molecule has 14 heteroatoms. The number of hydrogen-bond donors (Lipinski definition) is 1. The number of carbonyl (C=O) groups excluding carboxylic acids is 1. The number of amides is 1. The third-order valence-electron chi connectivity index (χ3n) is 9.41. The quantitative estimate of drug-likeness (QED) is 0.123. The summed E-state index contributed by atoms with van der Waals surface area (Å²) in [7, 11) is 8.00. The summed E-state index contributed by atoms with van der Waals surface area (Å²) < 4.78 is 66.6. The van der Waals surface area contributed by atoms with Gasteiger partial charge in [0, 0.05) is 50.7 Å². The topological polar surface area (TPSA) is 99.6 Å². The third kappa shape index (κ3) is 9.79. The number of imidazole rings is 1. The normalized spacial score (nSPS) is 14.6. The summed E-state index contributed by atoms with van der Waals surface area (Å²) in [5, 5.41) is 3.56. The van der Waals surface area contributed by atoms with E-state index in [2.05, 4.69) is 16.3 Å². The Morgan fingerprint density at radius 2 is 1.65 bits per heavy atom. The molecule has 1 N–H and O–H groups in total. The molecule has 0 aliphatic carbocycles. The first-order chi connectivity index (χ1) is 25.0. The number of nitrogens with one attached hydrogen (secondary N) is 1. The SMILES string of the molecule is COc1cccc(C(CCN2CCC(Nc3nc4ccccc4n3CCOCC(F)(F)F)CC2)CN(C)C(=O)c2cc(OC)c(OC)c(OC)c2)c1. The van der Waals surface area contributed by atoms with Crippen LogP contribution in [-0.2, 0) is 11.3 Å². The highest BCUT2D eigenvalue weighted by molar-refractivity contribution is 5.95. The molecule has 52 heavy (non-hydrogen) atoms. The fourth-order valence-corrected chi connectivity index (χ4v) is 6.67. The van der Waals surface area contributed by atoms with Crippen molar-refractivity contribution < 1.29 is 41.7 Å². The molecule has 1 aliphatic heterocycles. The second kappa shape index (κ2) is 17.7. The first-order valence-corrected chi connectivity index (χ1v) is 17.3. The van der Waals surface area contributed by atoms with E-state index in [0.29, 0.717) is 35.3 Å². The fourth-order valence-electron chi connectivity index (χ4n) is 6.67. The number of carbonyl (C=O) groups is 1. The van der Waals surface area contributed by atoms with Gasteiger partial charge in [-0.05, 0) is 67.8 Å². The van der Waals surface area contributed by atoms with E-state index in [1.54, 1.807) is 31.2 Å². The molecule has 11 nitrogen and oxygen atoms in total. The number of anilines is 1. The number of likely N-dealkylation sites (tertiary alicyclic amines) is 1. The van der Waals surface area contributed by atoms with Crippen molar-refractivity contribution in [3.8, 4) is 23.0 Å². The molecule has 1 aromatic heterocycles. The summed E-state index contributed by atoms with van der Waals surface area (Å²) in [4.78, 5) is 22.6. The highest BCUT2D eigenvalue weighted by atomic mass is 19.4. The summed E-state index contributed by atoms with van der Waals surface area (Å²) in [5.74, 6) is 2.49. The maximum absolute atomic E-state index is 13.7. The summed E-state index contributed by atoms with van der Waals surface area (Å²) in [6.07, 6.45) is -1.81. The monoisotopic (exact) mass is 727 g/mol. The number of benzene rings is 3. The van der Waals surface area contributed by atoms with E-state index in [1.165, 1.54) is 21.3 Å². The van der Waals surface area contributed by atoms with Gasteiger partial charge < -0.3 is 43.4 Å². The number of likely N-dealkylation sites (N-methyl/N-ethyl adjacent to an activating group) is 1. The van der Waals surface area contributed by atoms with Gasteiger partial charge in [0.05, 0.1) is 46.1 Å². The number of alkyl halides is 3. The third-order valence-corrected chi connectivity index (χ3v) is 9.41. The van der Waals surface area contributed by atoms with Crippen LogP contribution in [0.5, 0.6) is 23.0 Å². The second-order valence-corrected chi connectivity index (χ2v) is 12.9. The molecule has 3 aromatic carbocycles. The van der Waals surface area contributed by atoms with Gasteiger partial charge in [0.1, 0.15) is 12.4 Å². The molecule has 0 bridgehead atoms.